The van der Waals surface area contributed by atoms with Crippen molar-refractivity contribution >= 4 is 5.97 Å². The Morgan fingerprint density at radius 1 is 0.810 bits per heavy atom. The van der Waals surface area contributed by atoms with Gasteiger partial charge in [-0.2, -0.15) is 0 Å². The molecule has 0 atom stereocenters. The molecule has 5 rings (SSSR count). The van der Waals surface area contributed by atoms with Crippen LogP contribution in [0.3, 0.4) is 0 Å². The standard InChI is InChI=1S/C39H42O3/c1-9-26(4)37(40)41-35-20-18-29(22-27(35)5)39(33-16-12-10-14-31(33)32-15-11-13-17-34(32)39)30-19-21-36(28(6)23-30)42-38(7,8)24-25(2)3/h9-23,25H,24H2,1-8H3/b26-9-. The lowest BCUT2D eigenvalue weighted by Crippen LogP contribution is -2.31. The molecule has 0 fully saturated rings. The highest BCUT2D eigenvalue weighted by Gasteiger charge is 2.46. The number of ether oxygens (including phenoxy) is 2. The number of carbonyl (C=O) groups excluding carboxylic acids is 1. The zero-order valence-corrected chi connectivity index (χ0v) is 26.2. The fraction of sp³-hybridized carbons (Fsp3) is 0.308. The Morgan fingerprint density at radius 3 is 1.79 bits per heavy atom. The highest BCUT2D eigenvalue weighted by molar-refractivity contribution is 5.90. The SMILES string of the molecule is C/C=C(/C)C(=O)Oc1ccc(C2(c3ccc(OC(C)(C)CC(C)C)c(C)c3)c3ccccc3-c3ccccc32)cc1C. The lowest BCUT2D eigenvalue weighted by atomic mass is 9.67. The average Bonchev–Trinajstić information content (AvgIpc) is 3.25. The van der Waals surface area contributed by atoms with E-state index in [-0.39, 0.29) is 11.6 Å². The van der Waals surface area contributed by atoms with E-state index in [1.165, 1.54) is 27.8 Å². The van der Waals surface area contributed by atoms with Gasteiger partial charge in [0.15, 0.2) is 0 Å². The number of hydrogen-bond acceptors (Lipinski definition) is 3. The van der Waals surface area contributed by atoms with E-state index < -0.39 is 5.41 Å². The van der Waals surface area contributed by atoms with Gasteiger partial charge in [-0.05, 0) is 111 Å². The van der Waals surface area contributed by atoms with E-state index in [0.717, 1.165) is 28.9 Å². The third-order valence-corrected chi connectivity index (χ3v) is 8.41. The van der Waals surface area contributed by atoms with Gasteiger partial charge in [-0.1, -0.05) is 92.7 Å². The summed E-state index contributed by atoms with van der Waals surface area (Å²) in [7, 11) is 0. The average molecular weight is 559 g/mol. The molecule has 0 unspecified atom stereocenters. The zero-order chi connectivity index (χ0) is 30.2. The molecule has 0 bridgehead atoms. The Kier molecular flexibility index (Phi) is 7.90. The molecule has 4 aromatic carbocycles. The number of carbonyl (C=O) groups is 1. The van der Waals surface area contributed by atoms with Crippen LogP contribution in [-0.2, 0) is 10.2 Å². The van der Waals surface area contributed by atoms with Crippen LogP contribution < -0.4 is 9.47 Å². The molecule has 0 aromatic heterocycles. The molecule has 42 heavy (non-hydrogen) atoms. The van der Waals surface area contributed by atoms with Crippen molar-refractivity contribution in [2.45, 2.75) is 72.8 Å². The maximum absolute atomic E-state index is 12.6. The van der Waals surface area contributed by atoms with Crippen LogP contribution in [0.2, 0.25) is 0 Å². The summed E-state index contributed by atoms with van der Waals surface area (Å²) in [5, 5.41) is 0. The normalized spacial score (nSPS) is 14.0. The Hall–Kier alpha value is -4.11. The van der Waals surface area contributed by atoms with Gasteiger partial charge in [-0.25, -0.2) is 4.79 Å². The number of fused-ring (bicyclic) bond motifs is 3. The van der Waals surface area contributed by atoms with Gasteiger partial charge in [0.05, 0.1) is 5.41 Å². The molecule has 3 nitrogen and oxygen atoms in total. The summed E-state index contributed by atoms with van der Waals surface area (Å²) < 4.78 is 12.4. The minimum atomic E-state index is -0.545. The van der Waals surface area contributed by atoms with Crippen molar-refractivity contribution in [3.05, 3.63) is 130 Å². The molecule has 0 aliphatic heterocycles. The fourth-order valence-corrected chi connectivity index (χ4v) is 6.64. The number of aryl methyl sites for hydroxylation is 2. The Morgan fingerprint density at radius 2 is 1.31 bits per heavy atom. The molecule has 0 radical (unpaired) electrons. The minimum absolute atomic E-state index is 0.264. The molecule has 216 valence electrons. The van der Waals surface area contributed by atoms with Crippen molar-refractivity contribution in [2.24, 2.45) is 5.92 Å². The van der Waals surface area contributed by atoms with Crippen LogP contribution in [-0.4, -0.2) is 11.6 Å². The first-order valence-electron chi connectivity index (χ1n) is 14.9. The summed E-state index contributed by atoms with van der Waals surface area (Å²) in [5.74, 6) is 1.71. The van der Waals surface area contributed by atoms with Gasteiger partial charge in [0.2, 0.25) is 0 Å². The van der Waals surface area contributed by atoms with Gasteiger partial charge in [0, 0.05) is 5.57 Å². The highest BCUT2D eigenvalue weighted by Crippen LogP contribution is 2.56. The van der Waals surface area contributed by atoms with Crippen molar-refractivity contribution in [1.29, 1.82) is 0 Å². The van der Waals surface area contributed by atoms with Gasteiger partial charge in [0.25, 0.3) is 0 Å². The maximum atomic E-state index is 12.6. The van der Waals surface area contributed by atoms with Gasteiger partial charge in [-0.3, -0.25) is 0 Å². The minimum Gasteiger partial charge on any atom is -0.488 e. The molecule has 4 aromatic rings. The first-order valence-corrected chi connectivity index (χ1v) is 14.9. The summed E-state index contributed by atoms with van der Waals surface area (Å²) >= 11 is 0. The van der Waals surface area contributed by atoms with E-state index in [1.807, 2.05) is 19.9 Å². The largest absolute Gasteiger partial charge is 0.488 e. The second-order valence-electron chi connectivity index (χ2n) is 12.6. The van der Waals surface area contributed by atoms with Crippen molar-refractivity contribution in [3.63, 3.8) is 0 Å². The molecule has 1 aliphatic carbocycles. The quantitative estimate of drug-likeness (QED) is 0.108. The van der Waals surface area contributed by atoms with Gasteiger partial charge < -0.3 is 9.47 Å². The van der Waals surface area contributed by atoms with Gasteiger partial charge >= 0.3 is 5.97 Å². The van der Waals surface area contributed by atoms with Crippen molar-refractivity contribution in [1.82, 2.24) is 0 Å². The predicted octanol–water partition coefficient (Wildman–Crippen LogP) is 9.74. The summed E-state index contributed by atoms with van der Waals surface area (Å²) in [6.07, 6.45) is 2.75. The van der Waals surface area contributed by atoms with E-state index in [1.54, 1.807) is 13.0 Å². The summed E-state index contributed by atoms with van der Waals surface area (Å²) in [5.41, 5.74) is 9.07. The van der Waals surface area contributed by atoms with Crippen molar-refractivity contribution in [2.75, 3.05) is 0 Å². The van der Waals surface area contributed by atoms with E-state index >= 15 is 0 Å². The van der Waals surface area contributed by atoms with Crippen molar-refractivity contribution < 1.29 is 14.3 Å². The second-order valence-corrected chi connectivity index (χ2v) is 12.6. The molecular formula is C39H42O3. The molecule has 0 amide bonds. The van der Waals surface area contributed by atoms with Gasteiger partial charge in [0.1, 0.15) is 17.1 Å². The fourth-order valence-electron chi connectivity index (χ4n) is 6.64. The monoisotopic (exact) mass is 558 g/mol. The number of rotatable bonds is 8. The highest BCUT2D eigenvalue weighted by atomic mass is 16.5. The molecule has 3 heteroatoms. The molecular weight excluding hydrogens is 516 g/mol. The molecule has 1 aliphatic rings. The Labute approximate surface area is 251 Å². The molecule has 0 N–H and O–H groups in total. The third-order valence-electron chi connectivity index (χ3n) is 8.41. The van der Waals surface area contributed by atoms with Crippen LogP contribution in [0.15, 0.2) is 96.6 Å². The Balaban J connectivity index is 1.70. The van der Waals surface area contributed by atoms with Crippen LogP contribution in [0.25, 0.3) is 11.1 Å². The first kappa shape index (κ1) is 29.4. The first-order chi connectivity index (χ1) is 20.0. The predicted molar refractivity (Wildman–Crippen MR) is 172 cm³/mol. The number of hydrogen-bond donors (Lipinski definition) is 0. The molecule has 0 spiro atoms. The lowest BCUT2D eigenvalue weighted by molar-refractivity contribution is -0.130. The van der Waals surface area contributed by atoms with Gasteiger partial charge in [-0.15, -0.1) is 0 Å². The van der Waals surface area contributed by atoms with Crippen LogP contribution in [0.1, 0.15) is 81.3 Å². The summed E-state index contributed by atoms with van der Waals surface area (Å²) in [6.45, 7) is 16.6. The number of esters is 1. The van der Waals surface area contributed by atoms with Crippen molar-refractivity contribution in [3.8, 4) is 22.6 Å². The van der Waals surface area contributed by atoms with Crippen LogP contribution >= 0.6 is 0 Å². The Bertz CT molecular complexity index is 1630. The van der Waals surface area contributed by atoms with E-state index in [2.05, 4.69) is 113 Å². The number of benzene rings is 4. The third kappa shape index (κ3) is 5.17. The summed E-state index contributed by atoms with van der Waals surface area (Å²) in [6, 6.07) is 30.3. The van der Waals surface area contributed by atoms with E-state index in [4.69, 9.17) is 9.47 Å². The second kappa shape index (κ2) is 11.3. The van der Waals surface area contributed by atoms with Crippen LogP contribution in [0.4, 0.5) is 0 Å². The van der Waals surface area contributed by atoms with E-state index in [0.29, 0.717) is 17.2 Å². The maximum Gasteiger partial charge on any atom is 0.338 e. The molecule has 0 heterocycles. The smallest absolute Gasteiger partial charge is 0.338 e. The molecule has 0 saturated heterocycles. The lowest BCUT2D eigenvalue weighted by Gasteiger charge is -2.35. The summed E-state index contributed by atoms with van der Waals surface area (Å²) in [4.78, 5) is 12.6. The number of allylic oxidation sites excluding steroid dienone is 1. The molecule has 0 saturated carbocycles. The topological polar surface area (TPSA) is 35.5 Å². The van der Waals surface area contributed by atoms with Crippen LogP contribution in [0, 0.1) is 19.8 Å². The zero-order valence-electron chi connectivity index (χ0n) is 26.2. The van der Waals surface area contributed by atoms with E-state index in [9.17, 15) is 4.79 Å². The van der Waals surface area contributed by atoms with Crippen LogP contribution in [0.5, 0.6) is 11.5 Å².